The molecule has 0 unspecified atom stereocenters. The first-order chi connectivity index (χ1) is 7.97. The standard InChI is InChI=1S/C13H18O4/c1-8(14)5-4-6-10-12(16)7-11(15)9(2)13(10)17-3/h7,15-16H,4-6H2,1-3H3. The van der Waals surface area contributed by atoms with Crippen molar-refractivity contribution in [3.8, 4) is 17.2 Å². The van der Waals surface area contributed by atoms with E-state index in [4.69, 9.17) is 4.74 Å². The molecule has 4 nitrogen and oxygen atoms in total. The monoisotopic (exact) mass is 238 g/mol. The van der Waals surface area contributed by atoms with E-state index >= 15 is 0 Å². The van der Waals surface area contributed by atoms with Crippen molar-refractivity contribution >= 4 is 5.78 Å². The van der Waals surface area contributed by atoms with Gasteiger partial charge in [-0.2, -0.15) is 0 Å². The second-order valence-electron chi connectivity index (χ2n) is 4.11. The molecule has 0 aliphatic rings. The highest BCUT2D eigenvalue weighted by Crippen LogP contribution is 2.38. The number of rotatable bonds is 5. The molecule has 0 radical (unpaired) electrons. The number of phenolic OH excluding ortho intramolecular Hbond substituents is 2. The van der Waals surface area contributed by atoms with E-state index in [2.05, 4.69) is 0 Å². The summed E-state index contributed by atoms with van der Waals surface area (Å²) in [5, 5.41) is 19.3. The van der Waals surface area contributed by atoms with Gasteiger partial charge < -0.3 is 19.7 Å². The third-order valence-corrected chi connectivity index (χ3v) is 2.74. The number of ketones is 1. The molecule has 0 aliphatic heterocycles. The van der Waals surface area contributed by atoms with Crippen molar-refractivity contribution in [1.82, 2.24) is 0 Å². The van der Waals surface area contributed by atoms with Crippen LogP contribution in [0.15, 0.2) is 6.07 Å². The van der Waals surface area contributed by atoms with Crippen LogP contribution in [0.5, 0.6) is 17.2 Å². The lowest BCUT2D eigenvalue weighted by Crippen LogP contribution is -1.98. The molecule has 0 aliphatic carbocycles. The molecule has 0 heterocycles. The molecular weight excluding hydrogens is 220 g/mol. The predicted octanol–water partition coefficient (Wildman–Crippen LogP) is 2.33. The first kappa shape index (κ1) is 13.4. The summed E-state index contributed by atoms with van der Waals surface area (Å²) in [7, 11) is 1.50. The zero-order valence-corrected chi connectivity index (χ0v) is 10.4. The van der Waals surface area contributed by atoms with Gasteiger partial charge in [-0.1, -0.05) is 0 Å². The molecule has 2 N–H and O–H groups in total. The smallest absolute Gasteiger partial charge is 0.132 e. The van der Waals surface area contributed by atoms with Crippen LogP contribution in [0.3, 0.4) is 0 Å². The molecule has 0 atom stereocenters. The molecule has 0 spiro atoms. The minimum atomic E-state index is 0.00787. The number of methoxy groups -OCH3 is 1. The lowest BCUT2D eigenvalue weighted by atomic mass is 10.0. The minimum Gasteiger partial charge on any atom is -0.507 e. The fourth-order valence-electron chi connectivity index (χ4n) is 1.82. The van der Waals surface area contributed by atoms with Gasteiger partial charge in [0.1, 0.15) is 23.0 Å². The van der Waals surface area contributed by atoms with Crippen molar-refractivity contribution in [3.63, 3.8) is 0 Å². The number of carbonyl (C=O) groups excluding carboxylic acids is 1. The number of ether oxygens (including phenoxy) is 1. The largest absolute Gasteiger partial charge is 0.507 e. The van der Waals surface area contributed by atoms with Gasteiger partial charge in [0.25, 0.3) is 0 Å². The quantitative estimate of drug-likeness (QED) is 0.826. The highest BCUT2D eigenvalue weighted by Gasteiger charge is 2.15. The number of benzene rings is 1. The van der Waals surface area contributed by atoms with Gasteiger partial charge in [0.05, 0.1) is 7.11 Å². The Labute approximate surface area is 101 Å². The third-order valence-electron chi connectivity index (χ3n) is 2.74. The molecule has 94 valence electrons. The van der Waals surface area contributed by atoms with E-state index in [0.29, 0.717) is 36.1 Å². The van der Waals surface area contributed by atoms with Gasteiger partial charge >= 0.3 is 0 Å². The van der Waals surface area contributed by atoms with Gasteiger partial charge in [0, 0.05) is 23.6 Å². The number of Topliss-reactive ketones (excluding diaryl/α,β-unsaturated/α-hetero) is 1. The lowest BCUT2D eigenvalue weighted by Gasteiger charge is -2.14. The number of phenols is 2. The molecule has 0 saturated heterocycles. The summed E-state index contributed by atoms with van der Waals surface area (Å²) in [6.07, 6.45) is 1.68. The van der Waals surface area contributed by atoms with Crippen LogP contribution in [0.2, 0.25) is 0 Å². The maximum absolute atomic E-state index is 10.9. The molecule has 0 saturated carbocycles. The Morgan fingerprint density at radius 2 is 2.00 bits per heavy atom. The molecule has 1 rings (SSSR count). The van der Waals surface area contributed by atoms with Crippen molar-refractivity contribution in [2.24, 2.45) is 0 Å². The summed E-state index contributed by atoms with van der Waals surface area (Å²) in [4.78, 5) is 10.9. The van der Waals surface area contributed by atoms with Crippen LogP contribution in [-0.2, 0) is 11.2 Å². The van der Waals surface area contributed by atoms with Crippen molar-refractivity contribution in [3.05, 3.63) is 17.2 Å². The van der Waals surface area contributed by atoms with Gasteiger partial charge in [0.15, 0.2) is 0 Å². The van der Waals surface area contributed by atoms with Gasteiger partial charge in [0.2, 0.25) is 0 Å². The first-order valence-corrected chi connectivity index (χ1v) is 5.55. The number of hydrogen-bond donors (Lipinski definition) is 2. The molecule has 0 fully saturated rings. The van der Waals surface area contributed by atoms with Crippen LogP contribution < -0.4 is 4.74 Å². The fourth-order valence-corrected chi connectivity index (χ4v) is 1.82. The molecule has 0 aromatic heterocycles. The predicted molar refractivity (Wildman–Crippen MR) is 64.7 cm³/mol. The van der Waals surface area contributed by atoms with Gasteiger partial charge in [-0.3, -0.25) is 0 Å². The van der Waals surface area contributed by atoms with Crippen LogP contribution >= 0.6 is 0 Å². The van der Waals surface area contributed by atoms with Crippen molar-refractivity contribution < 1.29 is 19.7 Å². The van der Waals surface area contributed by atoms with Gasteiger partial charge in [-0.05, 0) is 26.7 Å². The van der Waals surface area contributed by atoms with Crippen LogP contribution in [0.4, 0.5) is 0 Å². The van der Waals surface area contributed by atoms with Crippen LogP contribution in [0.25, 0.3) is 0 Å². The van der Waals surface area contributed by atoms with E-state index in [1.165, 1.54) is 13.2 Å². The maximum atomic E-state index is 10.9. The Bertz CT molecular complexity index is 424. The van der Waals surface area contributed by atoms with Crippen LogP contribution in [0, 0.1) is 6.92 Å². The normalized spacial score (nSPS) is 10.3. The van der Waals surface area contributed by atoms with E-state index < -0.39 is 0 Å². The minimum absolute atomic E-state index is 0.00787. The zero-order chi connectivity index (χ0) is 13.0. The summed E-state index contributed by atoms with van der Waals surface area (Å²) >= 11 is 0. The van der Waals surface area contributed by atoms with E-state index in [9.17, 15) is 15.0 Å². The molecule has 1 aromatic rings. The highest BCUT2D eigenvalue weighted by molar-refractivity contribution is 5.75. The average Bonchev–Trinajstić information content (AvgIpc) is 2.25. The number of aromatic hydroxyl groups is 2. The van der Waals surface area contributed by atoms with Gasteiger partial charge in [-0.25, -0.2) is 0 Å². The number of hydrogen-bond acceptors (Lipinski definition) is 4. The Hall–Kier alpha value is -1.71. The first-order valence-electron chi connectivity index (χ1n) is 5.55. The Balaban J connectivity index is 2.97. The van der Waals surface area contributed by atoms with Crippen LogP contribution in [0.1, 0.15) is 30.9 Å². The second kappa shape index (κ2) is 5.57. The molecule has 0 amide bonds. The molecular formula is C13H18O4. The maximum Gasteiger partial charge on any atom is 0.132 e. The van der Waals surface area contributed by atoms with Crippen molar-refractivity contribution in [2.75, 3.05) is 7.11 Å². The summed E-state index contributed by atoms with van der Waals surface area (Å²) in [6.45, 7) is 3.27. The van der Waals surface area contributed by atoms with E-state index in [-0.39, 0.29) is 17.3 Å². The molecule has 0 bridgehead atoms. The Morgan fingerprint density at radius 1 is 1.35 bits per heavy atom. The second-order valence-corrected chi connectivity index (χ2v) is 4.11. The van der Waals surface area contributed by atoms with Gasteiger partial charge in [-0.15, -0.1) is 0 Å². The van der Waals surface area contributed by atoms with Crippen molar-refractivity contribution in [2.45, 2.75) is 33.1 Å². The molecule has 4 heteroatoms. The molecule has 1 aromatic carbocycles. The SMILES string of the molecule is COc1c(C)c(O)cc(O)c1CCCC(C)=O. The summed E-state index contributed by atoms with van der Waals surface area (Å²) in [6, 6.07) is 1.31. The molecule has 17 heavy (non-hydrogen) atoms. The number of carbonyl (C=O) groups is 1. The lowest BCUT2D eigenvalue weighted by molar-refractivity contribution is -0.117. The highest BCUT2D eigenvalue weighted by atomic mass is 16.5. The van der Waals surface area contributed by atoms with E-state index in [1.807, 2.05) is 0 Å². The summed E-state index contributed by atoms with van der Waals surface area (Å²) < 4.78 is 5.19. The van der Waals surface area contributed by atoms with E-state index in [1.54, 1.807) is 13.8 Å². The van der Waals surface area contributed by atoms with Crippen molar-refractivity contribution in [1.29, 1.82) is 0 Å². The fraction of sp³-hybridized carbons (Fsp3) is 0.462. The third kappa shape index (κ3) is 3.12. The van der Waals surface area contributed by atoms with Crippen LogP contribution in [-0.4, -0.2) is 23.1 Å². The summed E-state index contributed by atoms with van der Waals surface area (Å²) in [5.41, 5.74) is 1.24. The average molecular weight is 238 g/mol. The topological polar surface area (TPSA) is 66.8 Å². The summed E-state index contributed by atoms with van der Waals surface area (Å²) in [5.74, 6) is 0.633. The zero-order valence-electron chi connectivity index (χ0n) is 10.4. The Kier molecular flexibility index (Phi) is 4.37. The Morgan fingerprint density at radius 3 is 2.53 bits per heavy atom. The van der Waals surface area contributed by atoms with E-state index in [0.717, 1.165) is 0 Å².